The van der Waals surface area contributed by atoms with Crippen LogP contribution in [0.3, 0.4) is 0 Å². The van der Waals surface area contributed by atoms with E-state index in [1.54, 1.807) is 32.0 Å². The third kappa shape index (κ3) is 5.52. The number of carbonyl (C=O) groups excluding carboxylic acids is 1. The van der Waals surface area contributed by atoms with Gasteiger partial charge in [-0.15, -0.1) is 0 Å². The Balaban J connectivity index is 2.03. The summed E-state index contributed by atoms with van der Waals surface area (Å²) < 4.78 is 7.28. The molecule has 2 aromatic carbocycles. The smallest absolute Gasteiger partial charge is 0.338 e. The van der Waals surface area contributed by atoms with E-state index in [0.717, 1.165) is 16.7 Å². The van der Waals surface area contributed by atoms with E-state index in [1.807, 2.05) is 59.8 Å². The molecule has 0 saturated heterocycles. The molecule has 0 aliphatic carbocycles. The maximum Gasteiger partial charge on any atom is 0.338 e. The maximum atomic E-state index is 14.0. The second-order valence-corrected chi connectivity index (χ2v) is 13.7. The van der Waals surface area contributed by atoms with Crippen molar-refractivity contribution in [2.75, 3.05) is 6.61 Å². The van der Waals surface area contributed by atoms with Gasteiger partial charge in [-0.1, -0.05) is 88.2 Å². The molecule has 2 heterocycles. The van der Waals surface area contributed by atoms with Gasteiger partial charge in [-0.2, -0.15) is 0 Å². The lowest BCUT2D eigenvalue weighted by molar-refractivity contribution is -0.139. The Morgan fingerprint density at radius 2 is 1.73 bits per heavy atom. The number of phenolic OH excluding ortho intramolecular Hbond substituents is 1. The van der Waals surface area contributed by atoms with Crippen molar-refractivity contribution < 1.29 is 14.6 Å². The van der Waals surface area contributed by atoms with Gasteiger partial charge in [0.1, 0.15) is 11.8 Å². The van der Waals surface area contributed by atoms with Gasteiger partial charge in [0, 0.05) is 16.7 Å². The zero-order chi connectivity index (χ0) is 29.7. The van der Waals surface area contributed by atoms with Gasteiger partial charge in [0.05, 0.1) is 32.5 Å². The number of carbonyl (C=O) groups is 1. The number of allylic oxidation sites excluding steroid dienone is 1. The highest BCUT2D eigenvalue weighted by Gasteiger charge is 2.35. The first-order valence-electron chi connectivity index (χ1n) is 13.1. The third-order valence-electron chi connectivity index (χ3n) is 6.84. The molecule has 1 atom stereocenters. The second kappa shape index (κ2) is 10.8. The van der Waals surface area contributed by atoms with Gasteiger partial charge in [0.25, 0.3) is 5.56 Å². The zero-order valence-electron chi connectivity index (χ0n) is 24.0. The molecule has 1 aliphatic heterocycles. The SMILES string of the molecule is CCOC(=O)C1=C(C)N=c2s/c(=C\c3cc(C(C)(C)C)c(O)c(C(C)(C)C)c3)c(=O)n2[C@@H]1c1cccc(Cl)c1Cl. The predicted molar refractivity (Wildman–Crippen MR) is 162 cm³/mol. The number of thiazole rings is 1. The Labute approximate surface area is 248 Å². The number of halogens is 2. The summed E-state index contributed by atoms with van der Waals surface area (Å²) in [6.07, 6.45) is 1.81. The van der Waals surface area contributed by atoms with Gasteiger partial charge >= 0.3 is 5.97 Å². The van der Waals surface area contributed by atoms with Gasteiger partial charge in [-0.05, 0) is 54.5 Å². The lowest BCUT2D eigenvalue weighted by Crippen LogP contribution is -2.40. The Morgan fingerprint density at radius 1 is 1.12 bits per heavy atom. The number of phenols is 1. The van der Waals surface area contributed by atoms with Gasteiger partial charge in [0.2, 0.25) is 0 Å². The number of esters is 1. The fourth-order valence-corrected chi connectivity index (χ4v) is 6.31. The molecule has 4 rings (SSSR count). The minimum absolute atomic E-state index is 0.170. The molecule has 3 aromatic rings. The van der Waals surface area contributed by atoms with Crippen molar-refractivity contribution >= 4 is 46.6 Å². The van der Waals surface area contributed by atoms with E-state index in [2.05, 4.69) is 4.99 Å². The van der Waals surface area contributed by atoms with E-state index in [-0.39, 0.29) is 39.3 Å². The summed E-state index contributed by atoms with van der Waals surface area (Å²) in [5.74, 6) is -0.300. The lowest BCUT2D eigenvalue weighted by atomic mass is 9.78. The average molecular weight is 602 g/mol. The second-order valence-electron chi connectivity index (χ2n) is 11.9. The number of hydrogen-bond acceptors (Lipinski definition) is 6. The summed E-state index contributed by atoms with van der Waals surface area (Å²) in [6, 6.07) is 8.11. The lowest BCUT2D eigenvalue weighted by Gasteiger charge is -2.27. The molecule has 0 saturated carbocycles. The monoisotopic (exact) mass is 600 g/mol. The van der Waals surface area contributed by atoms with Crippen molar-refractivity contribution in [1.29, 1.82) is 0 Å². The van der Waals surface area contributed by atoms with Crippen LogP contribution >= 0.6 is 34.5 Å². The van der Waals surface area contributed by atoms with Crippen molar-refractivity contribution in [2.45, 2.75) is 72.3 Å². The summed E-state index contributed by atoms with van der Waals surface area (Å²) >= 11 is 14.2. The minimum Gasteiger partial charge on any atom is -0.507 e. The van der Waals surface area contributed by atoms with Crippen molar-refractivity contribution in [3.05, 3.63) is 93.6 Å². The van der Waals surface area contributed by atoms with E-state index in [1.165, 1.54) is 15.9 Å². The van der Waals surface area contributed by atoms with Crippen LogP contribution in [0.5, 0.6) is 5.75 Å². The van der Waals surface area contributed by atoms with E-state index in [9.17, 15) is 14.7 Å². The van der Waals surface area contributed by atoms with Crippen LogP contribution in [-0.2, 0) is 20.4 Å². The number of aromatic nitrogens is 1. The quantitative estimate of drug-likeness (QED) is 0.351. The van der Waals surface area contributed by atoms with Gasteiger partial charge in [-0.25, -0.2) is 9.79 Å². The first kappa shape index (κ1) is 30.1. The normalized spacial score (nSPS) is 16.1. The summed E-state index contributed by atoms with van der Waals surface area (Å²) in [6.45, 7) is 15.9. The number of benzene rings is 2. The van der Waals surface area contributed by atoms with Gasteiger partial charge in [-0.3, -0.25) is 9.36 Å². The first-order valence-corrected chi connectivity index (χ1v) is 14.6. The number of rotatable bonds is 4. The molecular formula is C31H34Cl2N2O4S. The molecule has 0 spiro atoms. The van der Waals surface area contributed by atoms with Crippen LogP contribution in [0.25, 0.3) is 6.08 Å². The Morgan fingerprint density at radius 3 is 2.27 bits per heavy atom. The van der Waals surface area contributed by atoms with Crippen molar-refractivity contribution in [3.8, 4) is 5.75 Å². The Hall–Kier alpha value is -2.87. The van der Waals surface area contributed by atoms with Crippen LogP contribution < -0.4 is 14.9 Å². The van der Waals surface area contributed by atoms with Crippen LogP contribution in [0.1, 0.15) is 83.7 Å². The molecule has 40 heavy (non-hydrogen) atoms. The first-order chi connectivity index (χ1) is 18.6. The van der Waals surface area contributed by atoms with E-state index < -0.39 is 12.0 Å². The molecule has 9 heteroatoms. The summed E-state index contributed by atoms with van der Waals surface area (Å²) in [5.41, 5.74) is 2.60. The molecule has 0 amide bonds. The molecule has 1 N–H and O–H groups in total. The maximum absolute atomic E-state index is 14.0. The van der Waals surface area contributed by atoms with Gasteiger partial charge < -0.3 is 9.84 Å². The fraction of sp³-hybridized carbons (Fsp3) is 0.387. The molecular weight excluding hydrogens is 567 g/mol. The molecule has 0 fully saturated rings. The standard InChI is InChI=1S/C31H34Cl2N2O4S/c1-9-39-28(38)23-16(2)34-29-35(25(23)18-11-10-12-21(32)24(18)33)27(37)22(40-29)15-17-13-19(30(3,4)5)26(36)20(14-17)31(6,7)8/h10-15,25,36H,9H2,1-8H3/b22-15-/t25-/m1/s1. The van der Waals surface area contributed by atoms with Crippen molar-refractivity contribution in [3.63, 3.8) is 0 Å². The molecule has 1 aromatic heterocycles. The molecule has 0 unspecified atom stereocenters. The highest BCUT2D eigenvalue weighted by molar-refractivity contribution is 7.07. The number of aromatic hydroxyl groups is 1. The van der Waals surface area contributed by atoms with Crippen LogP contribution in [-0.4, -0.2) is 22.2 Å². The fourth-order valence-electron chi connectivity index (χ4n) is 4.85. The zero-order valence-corrected chi connectivity index (χ0v) is 26.3. The number of ether oxygens (including phenoxy) is 1. The third-order valence-corrected chi connectivity index (χ3v) is 8.66. The minimum atomic E-state index is -0.862. The van der Waals surface area contributed by atoms with Crippen molar-refractivity contribution in [2.24, 2.45) is 4.99 Å². The van der Waals surface area contributed by atoms with Crippen LogP contribution in [0, 0.1) is 0 Å². The molecule has 0 radical (unpaired) electrons. The Bertz CT molecular complexity index is 1680. The number of nitrogens with zero attached hydrogens (tertiary/aromatic N) is 2. The topological polar surface area (TPSA) is 80.9 Å². The molecule has 1 aliphatic rings. The van der Waals surface area contributed by atoms with E-state index in [4.69, 9.17) is 27.9 Å². The average Bonchev–Trinajstić information content (AvgIpc) is 3.14. The van der Waals surface area contributed by atoms with Crippen LogP contribution in [0.2, 0.25) is 10.0 Å². The summed E-state index contributed by atoms with van der Waals surface area (Å²) in [5, 5.41) is 11.7. The van der Waals surface area contributed by atoms with Crippen LogP contribution in [0.15, 0.2) is 51.4 Å². The van der Waals surface area contributed by atoms with Crippen molar-refractivity contribution in [1.82, 2.24) is 4.57 Å². The molecule has 6 nitrogen and oxygen atoms in total. The number of fused-ring (bicyclic) bond motifs is 1. The molecule has 212 valence electrons. The highest BCUT2D eigenvalue weighted by atomic mass is 35.5. The Kier molecular flexibility index (Phi) is 8.16. The highest BCUT2D eigenvalue weighted by Crippen LogP contribution is 2.40. The van der Waals surface area contributed by atoms with Gasteiger partial charge in [0.15, 0.2) is 4.80 Å². The largest absolute Gasteiger partial charge is 0.507 e. The molecule has 0 bridgehead atoms. The predicted octanol–water partition coefficient (Wildman–Crippen LogP) is 6.41. The van der Waals surface area contributed by atoms with E-state index in [0.29, 0.717) is 25.6 Å². The summed E-state index contributed by atoms with van der Waals surface area (Å²) in [7, 11) is 0. The van der Waals surface area contributed by atoms with Crippen LogP contribution in [0.4, 0.5) is 0 Å². The summed E-state index contributed by atoms with van der Waals surface area (Å²) in [4.78, 5) is 32.3. The van der Waals surface area contributed by atoms with E-state index >= 15 is 0 Å². The number of hydrogen-bond donors (Lipinski definition) is 1.